The fourth-order valence-corrected chi connectivity index (χ4v) is 3.70. The van der Waals surface area contributed by atoms with E-state index < -0.39 is 13.2 Å². The van der Waals surface area contributed by atoms with Gasteiger partial charge in [0.25, 0.3) is 0 Å². The van der Waals surface area contributed by atoms with Crippen molar-refractivity contribution in [3.8, 4) is 6.07 Å². The van der Waals surface area contributed by atoms with Gasteiger partial charge >= 0.3 is 0 Å². The summed E-state index contributed by atoms with van der Waals surface area (Å²) in [6.45, 7) is 2.42. The van der Waals surface area contributed by atoms with Crippen molar-refractivity contribution in [1.82, 2.24) is 0 Å². The van der Waals surface area contributed by atoms with Crippen LogP contribution in [0, 0.1) is 17.2 Å². The largest absolute Gasteiger partial charge is 0.368 e. The van der Waals surface area contributed by atoms with E-state index in [0.29, 0.717) is 19.4 Å². The molecule has 0 aliphatic carbocycles. The summed E-state index contributed by atoms with van der Waals surface area (Å²) in [6.07, 6.45) is 2.19. The normalized spacial score (nSPS) is 27.9. The summed E-state index contributed by atoms with van der Waals surface area (Å²) in [5.74, 6) is -0.847. The van der Waals surface area contributed by atoms with Crippen LogP contribution >= 0.6 is 7.37 Å². The molecule has 4 nitrogen and oxygen atoms in total. The molecule has 1 aliphatic rings. The second kappa shape index (κ2) is 4.93. The molecule has 0 bridgehead atoms. The number of hydrogen-bond donors (Lipinski definition) is 1. The van der Waals surface area contributed by atoms with Crippen molar-refractivity contribution in [2.75, 3.05) is 12.8 Å². The summed E-state index contributed by atoms with van der Waals surface area (Å²) in [6, 6.07) is 2.04. The van der Waals surface area contributed by atoms with E-state index in [-0.39, 0.29) is 12.1 Å². The summed E-state index contributed by atoms with van der Waals surface area (Å²) in [4.78, 5) is 9.73. The number of rotatable bonds is 4. The summed E-state index contributed by atoms with van der Waals surface area (Å²) >= 11 is 0. The first kappa shape index (κ1) is 11.7. The van der Waals surface area contributed by atoms with E-state index in [4.69, 9.17) is 10.00 Å². The Bertz CT molecular complexity index is 268. The number of nitrogens with zero attached hydrogens (tertiary/aromatic N) is 1. The molecule has 3 unspecified atom stereocenters. The summed E-state index contributed by atoms with van der Waals surface area (Å²) in [5, 5.41) is 8.71. The van der Waals surface area contributed by atoms with Crippen LogP contribution in [0.5, 0.6) is 0 Å². The first-order chi connectivity index (χ1) is 6.60. The molecule has 0 aromatic rings. The fourth-order valence-electron chi connectivity index (χ4n) is 1.57. The van der Waals surface area contributed by atoms with Gasteiger partial charge in [0.2, 0.25) is 7.37 Å². The fraction of sp³-hybridized carbons (Fsp3) is 0.889. The highest BCUT2D eigenvalue weighted by Gasteiger charge is 2.36. The maximum absolute atomic E-state index is 11.8. The minimum absolute atomic E-state index is 0.0741. The highest BCUT2D eigenvalue weighted by atomic mass is 31.2. The first-order valence-electron chi connectivity index (χ1n) is 4.93. The average molecular weight is 217 g/mol. The highest BCUT2D eigenvalue weighted by molar-refractivity contribution is 7.58. The third-order valence-corrected chi connectivity index (χ3v) is 4.78. The van der Waals surface area contributed by atoms with E-state index >= 15 is 0 Å². The van der Waals surface area contributed by atoms with Crippen LogP contribution in [-0.2, 0) is 9.30 Å². The predicted octanol–water partition coefficient (Wildman–Crippen LogP) is 1.94. The van der Waals surface area contributed by atoms with Crippen LogP contribution in [0.4, 0.5) is 0 Å². The molecule has 0 aromatic carbocycles. The monoisotopic (exact) mass is 217 g/mol. The van der Waals surface area contributed by atoms with Gasteiger partial charge in [-0.15, -0.1) is 0 Å². The minimum Gasteiger partial charge on any atom is -0.368 e. The van der Waals surface area contributed by atoms with Crippen molar-refractivity contribution in [3.05, 3.63) is 0 Å². The van der Waals surface area contributed by atoms with Gasteiger partial charge in [-0.05, 0) is 19.3 Å². The van der Waals surface area contributed by atoms with Gasteiger partial charge in [-0.1, -0.05) is 6.92 Å². The molecule has 1 saturated heterocycles. The van der Waals surface area contributed by atoms with Crippen molar-refractivity contribution in [2.45, 2.75) is 32.0 Å². The molecule has 14 heavy (non-hydrogen) atoms. The van der Waals surface area contributed by atoms with Crippen LogP contribution in [0.3, 0.4) is 0 Å². The lowest BCUT2D eigenvalue weighted by Crippen LogP contribution is -2.13. The molecular formula is C9H16NO3P. The van der Waals surface area contributed by atoms with Crippen molar-refractivity contribution in [2.24, 2.45) is 5.92 Å². The van der Waals surface area contributed by atoms with Crippen LogP contribution in [0.25, 0.3) is 0 Å². The van der Waals surface area contributed by atoms with Crippen LogP contribution in [-0.4, -0.2) is 23.5 Å². The Morgan fingerprint density at radius 2 is 2.50 bits per heavy atom. The van der Waals surface area contributed by atoms with Gasteiger partial charge in [-0.3, -0.25) is 4.57 Å². The second-order valence-corrected chi connectivity index (χ2v) is 6.09. The van der Waals surface area contributed by atoms with E-state index in [2.05, 4.69) is 0 Å². The van der Waals surface area contributed by atoms with Crippen LogP contribution in [0.2, 0.25) is 0 Å². The average Bonchev–Trinajstić information content (AvgIpc) is 2.67. The van der Waals surface area contributed by atoms with Crippen LogP contribution in [0.1, 0.15) is 26.2 Å². The summed E-state index contributed by atoms with van der Waals surface area (Å²) in [5.41, 5.74) is 0. The predicted molar refractivity (Wildman–Crippen MR) is 53.1 cm³/mol. The molecule has 1 heterocycles. The second-order valence-electron chi connectivity index (χ2n) is 3.64. The number of ether oxygens (including phenoxy) is 1. The third kappa shape index (κ3) is 2.81. The van der Waals surface area contributed by atoms with Gasteiger partial charge in [0.1, 0.15) is 5.85 Å². The van der Waals surface area contributed by atoms with Gasteiger partial charge in [0.05, 0.1) is 12.0 Å². The minimum atomic E-state index is -3.27. The van der Waals surface area contributed by atoms with Gasteiger partial charge in [-0.2, -0.15) is 5.26 Å². The Hall–Kier alpha value is -0.360. The Balaban J connectivity index is 2.56. The van der Waals surface area contributed by atoms with Gasteiger partial charge < -0.3 is 9.63 Å². The highest BCUT2D eigenvalue weighted by Crippen LogP contribution is 2.52. The standard InChI is InChI=1S/C9H16NO3P/c1-2-8(6-10)7-14(11,12)9-4-3-5-13-9/h8-9H,2-5,7H2,1H3,(H,11,12). The maximum Gasteiger partial charge on any atom is 0.229 e. The first-order valence-corrected chi connectivity index (χ1v) is 6.84. The topological polar surface area (TPSA) is 70.3 Å². The summed E-state index contributed by atoms with van der Waals surface area (Å²) < 4.78 is 17.0. The van der Waals surface area contributed by atoms with Gasteiger partial charge in [0.15, 0.2) is 0 Å². The molecule has 0 amide bonds. The quantitative estimate of drug-likeness (QED) is 0.730. The molecule has 0 aromatic heterocycles. The lowest BCUT2D eigenvalue weighted by Gasteiger charge is -2.19. The molecule has 1 rings (SSSR count). The molecule has 1 N–H and O–H groups in total. The molecule has 0 spiro atoms. The van der Waals surface area contributed by atoms with Gasteiger partial charge in [0, 0.05) is 12.8 Å². The molecule has 0 saturated carbocycles. The molecule has 1 fully saturated rings. The van der Waals surface area contributed by atoms with E-state index in [9.17, 15) is 9.46 Å². The number of nitriles is 1. The molecule has 1 aliphatic heterocycles. The smallest absolute Gasteiger partial charge is 0.229 e. The molecule has 0 radical (unpaired) electrons. The van der Waals surface area contributed by atoms with Crippen molar-refractivity contribution >= 4 is 7.37 Å². The Labute approximate surface area is 84.3 Å². The molecule has 5 heteroatoms. The molecule has 80 valence electrons. The van der Waals surface area contributed by atoms with Crippen LogP contribution in [0.15, 0.2) is 0 Å². The Kier molecular flexibility index (Phi) is 4.12. The lowest BCUT2D eigenvalue weighted by molar-refractivity contribution is 0.154. The zero-order valence-corrected chi connectivity index (χ0v) is 9.24. The zero-order valence-electron chi connectivity index (χ0n) is 8.35. The third-order valence-electron chi connectivity index (χ3n) is 2.51. The Morgan fingerprint density at radius 3 is 2.93 bits per heavy atom. The van der Waals surface area contributed by atoms with E-state index in [1.807, 2.05) is 13.0 Å². The lowest BCUT2D eigenvalue weighted by atomic mass is 10.1. The van der Waals surface area contributed by atoms with Gasteiger partial charge in [-0.25, -0.2) is 0 Å². The van der Waals surface area contributed by atoms with Crippen molar-refractivity contribution < 1.29 is 14.2 Å². The molecular weight excluding hydrogens is 201 g/mol. The molecule has 3 atom stereocenters. The van der Waals surface area contributed by atoms with Crippen LogP contribution < -0.4 is 0 Å². The van der Waals surface area contributed by atoms with Crippen molar-refractivity contribution in [1.29, 1.82) is 5.26 Å². The van der Waals surface area contributed by atoms with E-state index in [1.165, 1.54) is 0 Å². The van der Waals surface area contributed by atoms with Crippen molar-refractivity contribution in [3.63, 3.8) is 0 Å². The number of hydrogen-bond acceptors (Lipinski definition) is 3. The SMILES string of the molecule is CCC(C#N)CP(=O)(O)C1CCCO1. The Morgan fingerprint density at radius 1 is 1.79 bits per heavy atom. The summed E-state index contributed by atoms with van der Waals surface area (Å²) in [7, 11) is -3.27. The van der Waals surface area contributed by atoms with E-state index in [0.717, 1.165) is 6.42 Å². The van der Waals surface area contributed by atoms with E-state index in [1.54, 1.807) is 0 Å². The maximum atomic E-state index is 11.8. The zero-order chi connectivity index (χ0) is 10.6.